The molecular weight excluding hydrogens is 561 g/mol. The van der Waals surface area contributed by atoms with Crippen molar-refractivity contribution >= 4 is 59.7 Å². The van der Waals surface area contributed by atoms with Gasteiger partial charge in [0.1, 0.15) is 6.04 Å². The molecule has 0 spiro atoms. The van der Waals surface area contributed by atoms with Crippen molar-refractivity contribution in [2.24, 2.45) is 5.73 Å². The molecule has 0 aliphatic carbocycles. The van der Waals surface area contributed by atoms with Gasteiger partial charge in [-0.3, -0.25) is 28.8 Å². The Hall–Kier alpha value is -4.35. The van der Waals surface area contributed by atoms with E-state index in [-0.39, 0.29) is 5.56 Å². The molecule has 0 saturated carbocycles. The quantitative estimate of drug-likeness (QED) is 0.153. The first-order chi connectivity index (χ1) is 20.2. The average Bonchev–Trinajstić information content (AvgIpc) is 2.99. The first-order valence-corrected chi connectivity index (χ1v) is 15.3. The van der Waals surface area contributed by atoms with E-state index >= 15 is 0 Å². The summed E-state index contributed by atoms with van der Waals surface area (Å²) in [7, 11) is -0.967. The van der Waals surface area contributed by atoms with Gasteiger partial charge in [-0.1, -0.05) is 36.4 Å². The third-order valence-corrected chi connectivity index (χ3v) is 8.55. The van der Waals surface area contributed by atoms with Gasteiger partial charge in [-0.25, -0.2) is 0 Å². The number of nitrogens with two attached hydrogens (primary N) is 1. The monoisotopic (exact) mass is 597 g/mol. The molecule has 1 unspecified atom stereocenters. The molecule has 0 radical (unpaired) electrons. The Balaban J connectivity index is 1.92. The molecule has 13 nitrogen and oxygen atoms in total. The standard InChI is InChI=1S/C28H36N7O6P/c1-42(19-7-3-2-4-8-19)22-11-10-18-13-20(22)27(40)33-16-25(38)31-14-23(36)30-15-24(37)32-17-26(39)35-21(28(41)34-18)9-5-6-12-29/h2-4,7-8,10-11,13,21H,5-6,9,12,14-17,29H2,1H3,(H,30,36)(H,31,38)(H,32,37)(H,33,40)(H,34,41)(H,35,39)/t21-,42?/m0/s1. The van der Waals surface area contributed by atoms with Crippen molar-refractivity contribution in [3.8, 4) is 0 Å². The molecule has 224 valence electrons. The summed E-state index contributed by atoms with van der Waals surface area (Å²) < 4.78 is 0. The van der Waals surface area contributed by atoms with E-state index in [1.807, 2.05) is 37.0 Å². The number of benzene rings is 2. The van der Waals surface area contributed by atoms with Crippen LogP contribution in [-0.4, -0.2) is 80.9 Å². The molecule has 1 aliphatic rings. The van der Waals surface area contributed by atoms with E-state index in [1.54, 1.807) is 12.1 Å². The average molecular weight is 598 g/mol. The molecule has 0 saturated heterocycles. The number of anilines is 1. The summed E-state index contributed by atoms with van der Waals surface area (Å²) in [5.74, 6) is -3.51. The van der Waals surface area contributed by atoms with Crippen LogP contribution >= 0.6 is 7.92 Å². The Kier molecular flexibility index (Phi) is 12.4. The number of unbranched alkanes of at least 4 members (excludes halogenated alkanes) is 1. The molecule has 2 atom stereocenters. The second-order valence-electron chi connectivity index (χ2n) is 9.53. The van der Waals surface area contributed by atoms with E-state index in [4.69, 9.17) is 5.73 Å². The fourth-order valence-corrected chi connectivity index (χ4v) is 5.82. The molecule has 42 heavy (non-hydrogen) atoms. The largest absolute Gasteiger partial charge is 0.346 e. The molecular formula is C28H36N7O6P. The third-order valence-electron chi connectivity index (χ3n) is 6.36. The Labute approximate surface area is 244 Å². The maximum Gasteiger partial charge on any atom is 0.252 e. The molecule has 8 N–H and O–H groups in total. The number of hydrogen-bond donors (Lipinski definition) is 7. The van der Waals surface area contributed by atoms with Crippen molar-refractivity contribution in [2.75, 3.05) is 44.7 Å². The summed E-state index contributed by atoms with van der Waals surface area (Å²) in [6.07, 6.45) is 1.51. The lowest BCUT2D eigenvalue weighted by Crippen LogP contribution is -2.49. The molecule has 0 aromatic heterocycles. The summed E-state index contributed by atoms with van der Waals surface area (Å²) in [4.78, 5) is 75.5. The van der Waals surface area contributed by atoms with Crippen molar-refractivity contribution in [3.63, 3.8) is 0 Å². The first-order valence-electron chi connectivity index (χ1n) is 13.5. The first kappa shape index (κ1) is 32.2. The fourth-order valence-electron chi connectivity index (χ4n) is 4.10. The summed E-state index contributed by atoms with van der Waals surface area (Å²) in [6, 6.07) is 13.7. The van der Waals surface area contributed by atoms with E-state index in [0.29, 0.717) is 31.5 Å². The number of fused-ring (bicyclic) bond motifs is 2. The zero-order valence-corrected chi connectivity index (χ0v) is 24.2. The predicted molar refractivity (Wildman–Crippen MR) is 160 cm³/mol. The van der Waals surface area contributed by atoms with Gasteiger partial charge in [-0.2, -0.15) is 0 Å². The number of amides is 6. The molecule has 2 aromatic carbocycles. The second-order valence-corrected chi connectivity index (χ2v) is 11.6. The number of rotatable bonds is 6. The van der Waals surface area contributed by atoms with Crippen LogP contribution in [-0.2, 0) is 24.0 Å². The van der Waals surface area contributed by atoms with Gasteiger partial charge >= 0.3 is 0 Å². The minimum Gasteiger partial charge on any atom is -0.346 e. The van der Waals surface area contributed by atoms with Crippen molar-refractivity contribution in [1.29, 1.82) is 0 Å². The molecule has 1 aliphatic heterocycles. The van der Waals surface area contributed by atoms with E-state index in [1.165, 1.54) is 6.07 Å². The van der Waals surface area contributed by atoms with Crippen LogP contribution in [0.25, 0.3) is 0 Å². The minimum absolute atomic E-state index is 0.275. The number of nitrogens with one attached hydrogen (secondary N) is 6. The Bertz CT molecular complexity index is 1310. The molecule has 3 rings (SSSR count). The second kappa shape index (κ2) is 16.2. The normalized spacial score (nSPS) is 18.4. The number of carbonyl (C=O) groups is 6. The van der Waals surface area contributed by atoms with Crippen LogP contribution in [0.2, 0.25) is 0 Å². The Morgan fingerprint density at radius 1 is 0.762 bits per heavy atom. The van der Waals surface area contributed by atoms with Crippen molar-refractivity contribution in [2.45, 2.75) is 25.3 Å². The minimum atomic E-state index is -0.967. The summed E-state index contributed by atoms with van der Waals surface area (Å²) in [5, 5.41) is 16.8. The predicted octanol–water partition coefficient (Wildman–Crippen LogP) is -1.61. The van der Waals surface area contributed by atoms with Gasteiger partial charge in [-0.05, 0) is 63.1 Å². The van der Waals surface area contributed by atoms with Gasteiger partial charge < -0.3 is 37.6 Å². The smallest absolute Gasteiger partial charge is 0.252 e. The van der Waals surface area contributed by atoms with Crippen LogP contribution in [0.5, 0.6) is 0 Å². The zero-order valence-electron chi connectivity index (χ0n) is 23.3. The molecule has 2 aromatic rings. The van der Waals surface area contributed by atoms with E-state index in [9.17, 15) is 28.8 Å². The number of hydrogen-bond acceptors (Lipinski definition) is 7. The van der Waals surface area contributed by atoms with E-state index in [2.05, 4.69) is 31.9 Å². The lowest BCUT2D eigenvalue weighted by atomic mass is 10.1. The topological polar surface area (TPSA) is 201 Å². The van der Waals surface area contributed by atoms with Crippen LogP contribution in [0, 0.1) is 0 Å². The van der Waals surface area contributed by atoms with Crippen LogP contribution < -0.4 is 48.2 Å². The molecule has 2 bridgehead atoms. The van der Waals surface area contributed by atoms with Gasteiger partial charge in [0, 0.05) is 11.3 Å². The maximum absolute atomic E-state index is 13.3. The number of carbonyl (C=O) groups excluding carboxylic acids is 6. The highest BCUT2D eigenvalue weighted by Crippen LogP contribution is 2.31. The lowest BCUT2D eigenvalue weighted by Gasteiger charge is -2.21. The van der Waals surface area contributed by atoms with Gasteiger partial charge in [-0.15, -0.1) is 0 Å². The van der Waals surface area contributed by atoms with Crippen molar-refractivity contribution in [1.82, 2.24) is 26.6 Å². The summed E-state index contributed by atoms with van der Waals surface area (Å²) in [5.41, 5.74) is 6.19. The highest BCUT2D eigenvalue weighted by molar-refractivity contribution is 7.72. The van der Waals surface area contributed by atoms with E-state index < -0.39 is 75.6 Å². The van der Waals surface area contributed by atoms with Gasteiger partial charge in [0.15, 0.2) is 0 Å². The van der Waals surface area contributed by atoms with Gasteiger partial charge in [0.25, 0.3) is 5.91 Å². The fraction of sp³-hybridized carbons (Fsp3) is 0.357. The summed E-state index contributed by atoms with van der Waals surface area (Å²) >= 11 is 0. The Morgan fingerprint density at radius 3 is 1.98 bits per heavy atom. The highest BCUT2D eigenvalue weighted by Gasteiger charge is 2.23. The molecule has 0 fully saturated rings. The van der Waals surface area contributed by atoms with Crippen LogP contribution in [0.3, 0.4) is 0 Å². The van der Waals surface area contributed by atoms with Gasteiger partial charge in [0.2, 0.25) is 29.5 Å². The summed E-state index contributed by atoms with van der Waals surface area (Å²) in [6.45, 7) is 0.789. The van der Waals surface area contributed by atoms with Crippen molar-refractivity contribution in [3.05, 3.63) is 54.1 Å². The van der Waals surface area contributed by atoms with Gasteiger partial charge in [0.05, 0.1) is 26.2 Å². The third kappa shape index (κ3) is 9.93. The van der Waals surface area contributed by atoms with Crippen LogP contribution in [0.1, 0.15) is 29.6 Å². The molecule has 14 heteroatoms. The molecule has 1 heterocycles. The molecule has 6 amide bonds. The van der Waals surface area contributed by atoms with Crippen LogP contribution in [0.4, 0.5) is 5.69 Å². The SMILES string of the molecule is CP(c1ccccc1)c1ccc2cc1C(=O)NCC(=O)NCC(=O)NCC(=O)NCC(=O)N[C@@H](CCCCN)C(=O)N2. The lowest BCUT2D eigenvalue weighted by molar-refractivity contribution is -0.129. The maximum atomic E-state index is 13.3. The van der Waals surface area contributed by atoms with Crippen LogP contribution in [0.15, 0.2) is 48.5 Å². The Morgan fingerprint density at radius 2 is 1.36 bits per heavy atom. The van der Waals surface area contributed by atoms with E-state index in [0.717, 1.165) is 10.6 Å². The zero-order chi connectivity index (χ0) is 30.5. The van der Waals surface area contributed by atoms with Crippen molar-refractivity contribution < 1.29 is 28.8 Å². The highest BCUT2D eigenvalue weighted by atomic mass is 31.1.